The Morgan fingerprint density at radius 3 is 2.68 bits per heavy atom. The highest BCUT2D eigenvalue weighted by atomic mass is 32.1. The first-order chi connectivity index (χ1) is 16.4. The minimum Gasteiger partial charge on any atom is -0.497 e. The van der Waals surface area contributed by atoms with E-state index in [1.807, 2.05) is 36.1 Å². The molecule has 7 nitrogen and oxygen atoms in total. The summed E-state index contributed by atoms with van der Waals surface area (Å²) in [4.78, 5) is 18.1. The molecule has 0 aliphatic carbocycles. The van der Waals surface area contributed by atoms with E-state index in [9.17, 15) is 4.79 Å². The molecule has 1 aliphatic rings. The van der Waals surface area contributed by atoms with Crippen molar-refractivity contribution in [2.75, 3.05) is 32.7 Å². The summed E-state index contributed by atoms with van der Waals surface area (Å²) >= 11 is 5.81. The summed E-state index contributed by atoms with van der Waals surface area (Å²) in [5, 5.41) is 4.84. The molecule has 1 aromatic heterocycles. The summed E-state index contributed by atoms with van der Waals surface area (Å²) in [5.41, 5.74) is 4.32. The summed E-state index contributed by atoms with van der Waals surface area (Å²) in [6, 6.07) is 11.6. The summed E-state index contributed by atoms with van der Waals surface area (Å²) in [7, 11) is 3.21. The van der Waals surface area contributed by atoms with Crippen molar-refractivity contribution >= 4 is 33.9 Å². The lowest BCUT2D eigenvalue weighted by Gasteiger charge is -2.28. The maximum atomic E-state index is 13.0. The smallest absolute Gasteiger partial charge is 0.253 e. The monoisotopic (exact) mass is 481 g/mol. The van der Waals surface area contributed by atoms with Crippen molar-refractivity contribution in [1.29, 1.82) is 0 Å². The summed E-state index contributed by atoms with van der Waals surface area (Å²) in [5.74, 6) is 1.31. The van der Waals surface area contributed by atoms with Crippen LogP contribution in [0.2, 0.25) is 0 Å². The molecule has 0 amide bonds. The number of anilines is 1. The van der Waals surface area contributed by atoms with Crippen molar-refractivity contribution in [2.45, 2.75) is 39.3 Å². The highest BCUT2D eigenvalue weighted by molar-refractivity contribution is 7.80. The first-order valence-corrected chi connectivity index (χ1v) is 11.8. The lowest BCUT2D eigenvalue weighted by molar-refractivity contribution is 0.0904. The van der Waals surface area contributed by atoms with Crippen LogP contribution in [0, 0.1) is 13.8 Å². The molecule has 2 N–H and O–H groups in total. The fraction of sp³-hybridized carbons (Fsp3) is 0.385. The summed E-state index contributed by atoms with van der Waals surface area (Å²) in [6.07, 6.45) is 2.07. The molecule has 3 aromatic rings. The van der Waals surface area contributed by atoms with Gasteiger partial charge >= 0.3 is 0 Å². The van der Waals surface area contributed by atoms with E-state index in [2.05, 4.69) is 23.3 Å². The molecule has 1 unspecified atom stereocenters. The van der Waals surface area contributed by atoms with Gasteiger partial charge in [-0.15, -0.1) is 0 Å². The van der Waals surface area contributed by atoms with Gasteiger partial charge in [0.1, 0.15) is 11.5 Å². The second-order valence-corrected chi connectivity index (χ2v) is 9.01. The van der Waals surface area contributed by atoms with E-state index >= 15 is 0 Å². The summed E-state index contributed by atoms with van der Waals surface area (Å²) < 4.78 is 16.7. The van der Waals surface area contributed by atoms with Gasteiger partial charge in [-0.05, 0) is 68.2 Å². The van der Waals surface area contributed by atoms with Crippen LogP contribution in [0.15, 0.2) is 41.2 Å². The number of thiocarbonyl (C=S) groups is 1. The average Bonchev–Trinajstić information content (AvgIpc) is 3.35. The zero-order chi connectivity index (χ0) is 24.2. The van der Waals surface area contributed by atoms with Crippen molar-refractivity contribution in [3.8, 4) is 11.5 Å². The first-order valence-electron chi connectivity index (χ1n) is 11.4. The van der Waals surface area contributed by atoms with Crippen LogP contribution >= 0.6 is 12.2 Å². The molecule has 0 radical (unpaired) electrons. The number of H-pyrrole nitrogens is 1. The third kappa shape index (κ3) is 5.18. The van der Waals surface area contributed by atoms with Crippen LogP contribution in [0.1, 0.15) is 29.5 Å². The van der Waals surface area contributed by atoms with Crippen LogP contribution < -0.4 is 20.3 Å². The van der Waals surface area contributed by atoms with E-state index in [1.54, 1.807) is 20.3 Å². The van der Waals surface area contributed by atoms with Gasteiger partial charge in [-0.1, -0.05) is 12.1 Å². The molecule has 1 aliphatic heterocycles. The number of nitrogens with one attached hydrogen (secondary N) is 2. The van der Waals surface area contributed by atoms with E-state index in [0.717, 1.165) is 47.2 Å². The second kappa shape index (κ2) is 10.4. The third-order valence-corrected chi connectivity index (χ3v) is 6.63. The number of hydrogen-bond acceptors (Lipinski definition) is 5. The van der Waals surface area contributed by atoms with Gasteiger partial charge < -0.3 is 29.4 Å². The van der Waals surface area contributed by atoms with Gasteiger partial charge in [0.2, 0.25) is 0 Å². The number of rotatable bonds is 7. The Balaban J connectivity index is 1.64. The Hall–Kier alpha value is -3.10. The van der Waals surface area contributed by atoms with Gasteiger partial charge in [-0.2, -0.15) is 0 Å². The molecule has 1 saturated heterocycles. The number of fused-ring (bicyclic) bond motifs is 1. The Labute approximate surface area is 205 Å². The average molecular weight is 482 g/mol. The van der Waals surface area contributed by atoms with Gasteiger partial charge in [0.05, 0.1) is 38.1 Å². The quantitative estimate of drug-likeness (QED) is 0.480. The predicted octanol–water partition coefficient (Wildman–Crippen LogP) is 4.54. The van der Waals surface area contributed by atoms with Crippen LogP contribution in [-0.4, -0.2) is 48.5 Å². The maximum Gasteiger partial charge on any atom is 0.253 e. The van der Waals surface area contributed by atoms with Crippen LogP contribution in [-0.2, 0) is 11.3 Å². The molecule has 34 heavy (non-hydrogen) atoms. The highest BCUT2D eigenvalue weighted by Gasteiger charge is 2.23. The largest absolute Gasteiger partial charge is 0.497 e. The predicted molar refractivity (Wildman–Crippen MR) is 139 cm³/mol. The molecule has 8 heteroatoms. The maximum absolute atomic E-state index is 13.0. The van der Waals surface area contributed by atoms with Crippen molar-refractivity contribution in [3.05, 3.63) is 63.4 Å². The van der Waals surface area contributed by atoms with Gasteiger partial charge in [-0.25, -0.2) is 0 Å². The Bertz CT molecular complexity index is 1250. The van der Waals surface area contributed by atoms with E-state index < -0.39 is 0 Å². The first kappa shape index (κ1) is 24.0. The molecule has 180 valence electrons. The topological polar surface area (TPSA) is 75.8 Å². The Morgan fingerprint density at radius 1 is 1.18 bits per heavy atom. The number of nitrogens with zero attached hydrogens (tertiary/aromatic N) is 1. The van der Waals surface area contributed by atoms with Crippen molar-refractivity contribution < 1.29 is 14.2 Å². The molecule has 1 atom stereocenters. The number of aromatic nitrogens is 1. The van der Waals surface area contributed by atoms with E-state index in [4.69, 9.17) is 26.4 Å². The lowest BCUT2D eigenvalue weighted by atomic mass is 10.0. The van der Waals surface area contributed by atoms with Crippen LogP contribution in [0.25, 0.3) is 10.9 Å². The molecule has 4 rings (SSSR count). The molecule has 0 bridgehead atoms. The molecular formula is C26H31N3O4S. The number of benzene rings is 2. The SMILES string of the molecule is COc1ccc(NC(=S)N(Cc2cc3c(C)ccc(C)c3[nH]c2=O)CC2CCCO2)c(OC)c1. The number of aryl methyl sites for hydroxylation is 2. The molecule has 0 saturated carbocycles. The third-order valence-electron chi connectivity index (χ3n) is 6.27. The van der Waals surface area contributed by atoms with Crippen molar-refractivity contribution in [2.24, 2.45) is 0 Å². The minimum absolute atomic E-state index is 0.0704. The normalized spacial score (nSPS) is 15.4. The standard InChI is InChI=1S/C26H31N3O4S/c1-16-7-8-17(2)24-21(16)12-18(25(30)28-24)14-29(15-20-6-5-11-33-20)26(34)27-22-10-9-19(31-3)13-23(22)32-4/h7-10,12-13,20H,5-6,11,14-15H2,1-4H3,(H,27,34)(H,28,30). The van der Waals surface area contributed by atoms with Crippen LogP contribution in [0.3, 0.4) is 0 Å². The van der Waals surface area contributed by atoms with Gasteiger partial charge in [0.25, 0.3) is 5.56 Å². The van der Waals surface area contributed by atoms with Gasteiger partial charge in [-0.3, -0.25) is 4.79 Å². The molecule has 2 heterocycles. The minimum atomic E-state index is -0.108. The number of ether oxygens (including phenoxy) is 3. The zero-order valence-corrected chi connectivity index (χ0v) is 20.9. The lowest BCUT2D eigenvalue weighted by Crippen LogP contribution is -2.40. The Morgan fingerprint density at radius 2 is 1.97 bits per heavy atom. The van der Waals surface area contributed by atoms with E-state index in [1.165, 1.54) is 0 Å². The highest BCUT2D eigenvalue weighted by Crippen LogP contribution is 2.29. The number of methoxy groups -OCH3 is 2. The van der Waals surface area contributed by atoms with Crippen molar-refractivity contribution in [1.82, 2.24) is 9.88 Å². The molecule has 2 aromatic carbocycles. The zero-order valence-electron chi connectivity index (χ0n) is 20.1. The number of pyridine rings is 1. The van der Waals surface area contributed by atoms with Gasteiger partial charge in [0.15, 0.2) is 5.11 Å². The van der Waals surface area contributed by atoms with Gasteiger partial charge in [0, 0.05) is 30.2 Å². The van der Waals surface area contributed by atoms with E-state index in [0.29, 0.717) is 35.3 Å². The second-order valence-electron chi connectivity index (χ2n) is 8.62. The Kier molecular flexibility index (Phi) is 7.38. The fourth-order valence-corrected chi connectivity index (χ4v) is 4.54. The number of aromatic amines is 1. The molecule has 1 fully saturated rings. The van der Waals surface area contributed by atoms with Crippen LogP contribution in [0.5, 0.6) is 11.5 Å². The molecule has 0 spiro atoms. The van der Waals surface area contributed by atoms with Crippen LogP contribution in [0.4, 0.5) is 5.69 Å². The molecular weight excluding hydrogens is 450 g/mol. The van der Waals surface area contributed by atoms with E-state index in [-0.39, 0.29) is 11.7 Å². The summed E-state index contributed by atoms with van der Waals surface area (Å²) in [6.45, 7) is 5.76. The fourth-order valence-electron chi connectivity index (χ4n) is 4.29. The van der Waals surface area contributed by atoms with Crippen molar-refractivity contribution in [3.63, 3.8) is 0 Å². The number of hydrogen-bond donors (Lipinski definition) is 2.